The molecule has 0 fully saturated rings. The van der Waals surface area contributed by atoms with Crippen LogP contribution < -0.4 is 0 Å². The molecule has 0 spiro atoms. The number of aryl methyl sites for hydroxylation is 1. The summed E-state index contributed by atoms with van der Waals surface area (Å²) in [6, 6.07) is 13.6. The molecule has 212 valence electrons. The Bertz CT molecular complexity index is 1210. The van der Waals surface area contributed by atoms with Crippen molar-refractivity contribution in [3.8, 4) is 0 Å². The summed E-state index contributed by atoms with van der Waals surface area (Å²) in [5, 5.41) is 1.74. The highest BCUT2D eigenvalue weighted by molar-refractivity contribution is 6.21. The normalized spacial score (nSPS) is 12.3. The quantitative estimate of drug-likeness (QED) is 0.140. The number of hydroxylamine groups is 2. The van der Waals surface area contributed by atoms with Gasteiger partial charge in [-0.05, 0) is 80.9 Å². The summed E-state index contributed by atoms with van der Waals surface area (Å²) in [6.45, 7) is 12.2. The van der Waals surface area contributed by atoms with Gasteiger partial charge in [0.1, 0.15) is 5.58 Å². The fraction of sp³-hybridized carbons (Fsp3) is 0.515. The fourth-order valence-electron chi connectivity index (χ4n) is 4.83. The number of nitrogens with zero attached hydrogens (tertiary/aromatic N) is 2. The molecule has 1 unspecified atom stereocenters. The highest BCUT2D eigenvalue weighted by Crippen LogP contribution is 2.32. The van der Waals surface area contributed by atoms with E-state index >= 15 is 0 Å². The van der Waals surface area contributed by atoms with Crippen LogP contribution >= 0.6 is 0 Å². The Morgan fingerprint density at radius 1 is 0.923 bits per heavy atom. The lowest BCUT2D eigenvalue weighted by Crippen LogP contribution is -2.27. The van der Waals surface area contributed by atoms with Crippen molar-refractivity contribution < 1.29 is 18.8 Å². The monoisotopic (exact) mass is 534 g/mol. The number of amides is 1. The van der Waals surface area contributed by atoms with Gasteiger partial charge in [0.05, 0.1) is 12.7 Å². The Kier molecular flexibility index (Phi) is 11.8. The minimum absolute atomic E-state index is 0.00368. The molecule has 2 aromatic carbocycles. The summed E-state index contributed by atoms with van der Waals surface area (Å²) in [5.74, 6) is -0.384. The van der Waals surface area contributed by atoms with Gasteiger partial charge in [-0.2, -0.15) is 0 Å². The highest BCUT2D eigenvalue weighted by atomic mass is 16.7. The number of ketones is 1. The standard InChI is InChI=1S/C33H46N2O4/c1-7-10-20-35(21-11-8-2)22-12-13-25-14-16-26(17-15-25)31(36)30-28-23-27(24(4)9-3)18-19-29(28)39-32(30)33(37)34(5)38-6/h14-19,23-24H,7-13,20-22H2,1-6H3. The molecule has 3 rings (SSSR count). The second-order valence-corrected chi connectivity index (χ2v) is 10.5. The number of furan rings is 1. The van der Waals surface area contributed by atoms with Crippen molar-refractivity contribution in [1.29, 1.82) is 0 Å². The molecular weight excluding hydrogens is 488 g/mol. The molecule has 1 atom stereocenters. The Morgan fingerprint density at radius 3 is 2.15 bits per heavy atom. The van der Waals surface area contributed by atoms with Crippen molar-refractivity contribution in [3.05, 3.63) is 70.5 Å². The maximum Gasteiger partial charge on any atom is 0.313 e. The second-order valence-electron chi connectivity index (χ2n) is 10.5. The molecule has 39 heavy (non-hydrogen) atoms. The Morgan fingerprint density at radius 2 is 1.56 bits per heavy atom. The highest BCUT2D eigenvalue weighted by Gasteiger charge is 2.29. The summed E-state index contributed by atoms with van der Waals surface area (Å²) < 4.78 is 5.95. The van der Waals surface area contributed by atoms with Crippen LogP contribution in [0.25, 0.3) is 11.0 Å². The van der Waals surface area contributed by atoms with Crippen molar-refractivity contribution in [1.82, 2.24) is 9.96 Å². The van der Waals surface area contributed by atoms with E-state index in [2.05, 4.69) is 32.6 Å². The first kappa shape index (κ1) is 30.6. The predicted octanol–water partition coefficient (Wildman–Crippen LogP) is 7.65. The van der Waals surface area contributed by atoms with Crippen LogP contribution in [0.3, 0.4) is 0 Å². The summed E-state index contributed by atoms with van der Waals surface area (Å²) in [4.78, 5) is 34.6. The van der Waals surface area contributed by atoms with Gasteiger partial charge >= 0.3 is 5.91 Å². The van der Waals surface area contributed by atoms with Gasteiger partial charge in [0.25, 0.3) is 0 Å². The maximum absolute atomic E-state index is 13.8. The van der Waals surface area contributed by atoms with E-state index in [1.807, 2.05) is 42.5 Å². The van der Waals surface area contributed by atoms with Gasteiger partial charge in [-0.3, -0.25) is 14.4 Å². The van der Waals surface area contributed by atoms with Crippen molar-refractivity contribution in [2.24, 2.45) is 0 Å². The number of benzene rings is 2. The van der Waals surface area contributed by atoms with Gasteiger partial charge in [-0.1, -0.05) is 70.9 Å². The molecule has 0 saturated heterocycles. The lowest BCUT2D eigenvalue weighted by atomic mass is 9.94. The molecule has 0 aliphatic carbocycles. The third kappa shape index (κ3) is 7.80. The molecule has 1 aromatic heterocycles. The Labute approximate surface area is 234 Å². The molecule has 3 aromatic rings. The molecule has 6 nitrogen and oxygen atoms in total. The van der Waals surface area contributed by atoms with Crippen molar-refractivity contribution >= 4 is 22.7 Å². The fourth-order valence-corrected chi connectivity index (χ4v) is 4.83. The van der Waals surface area contributed by atoms with E-state index in [-0.39, 0.29) is 11.5 Å². The minimum atomic E-state index is -0.491. The first-order valence-corrected chi connectivity index (χ1v) is 14.6. The number of carbonyl (C=O) groups is 2. The van der Waals surface area contributed by atoms with Crippen LogP contribution in [0.15, 0.2) is 46.9 Å². The third-order valence-corrected chi connectivity index (χ3v) is 7.69. The van der Waals surface area contributed by atoms with Gasteiger partial charge in [0, 0.05) is 18.0 Å². The summed E-state index contributed by atoms with van der Waals surface area (Å²) in [5.41, 5.74) is 3.67. The van der Waals surface area contributed by atoms with E-state index in [4.69, 9.17) is 9.25 Å². The Hall–Kier alpha value is -2.96. The molecule has 1 heterocycles. The number of carbonyl (C=O) groups excluding carboxylic acids is 2. The molecule has 0 radical (unpaired) electrons. The molecule has 6 heteroatoms. The first-order chi connectivity index (χ1) is 18.8. The van der Waals surface area contributed by atoms with Crippen molar-refractivity contribution in [2.45, 2.75) is 78.6 Å². The van der Waals surface area contributed by atoms with Crippen LogP contribution in [-0.4, -0.2) is 55.4 Å². The summed E-state index contributed by atoms with van der Waals surface area (Å²) >= 11 is 0. The molecule has 0 aliphatic rings. The molecule has 0 bridgehead atoms. The molecule has 1 amide bonds. The number of hydrogen-bond acceptors (Lipinski definition) is 5. The predicted molar refractivity (Wildman–Crippen MR) is 158 cm³/mol. The second kappa shape index (κ2) is 15.0. The van der Waals surface area contributed by atoms with E-state index in [0.717, 1.165) is 36.4 Å². The van der Waals surface area contributed by atoms with E-state index < -0.39 is 5.91 Å². The maximum atomic E-state index is 13.8. The summed E-state index contributed by atoms with van der Waals surface area (Å²) in [6.07, 6.45) is 7.96. The van der Waals surface area contributed by atoms with Crippen LogP contribution in [-0.2, 0) is 11.3 Å². The zero-order valence-corrected chi connectivity index (χ0v) is 24.7. The minimum Gasteiger partial charge on any atom is -0.450 e. The van der Waals surface area contributed by atoms with E-state index in [1.54, 1.807) is 0 Å². The van der Waals surface area contributed by atoms with Crippen LogP contribution in [0.2, 0.25) is 0 Å². The van der Waals surface area contributed by atoms with Crippen LogP contribution in [0.5, 0.6) is 0 Å². The van der Waals surface area contributed by atoms with E-state index in [9.17, 15) is 9.59 Å². The lowest BCUT2D eigenvalue weighted by Gasteiger charge is -2.21. The third-order valence-electron chi connectivity index (χ3n) is 7.69. The van der Waals surface area contributed by atoms with E-state index in [1.165, 1.54) is 58.5 Å². The van der Waals surface area contributed by atoms with Crippen molar-refractivity contribution in [2.75, 3.05) is 33.8 Å². The van der Waals surface area contributed by atoms with Gasteiger partial charge in [-0.25, -0.2) is 5.06 Å². The van der Waals surface area contributed by atoms with Gasteiger partial charge in [0.15, 0.2) is 5.78 Å². The Balaban J connectivity index is 1.83. The molecule has 0 saturated carbocycles. The topological polar surface area (TPSA) is 63.0 Å². The number of hydrogen-bond donors (Lipinski definition) is 0. The van der Waals surface area contributed by atoms with Crippen LogP contribution in [0.4, 0.5) is 0 Å². The lowest BCUT2D eigenvalue weighted by molar-refractivity contribution is -0.0772. The zero-order valence-electron chi connectivity index (χ0n) is 24.7. The van der Waals surface area contributed by atoms with Crippen molar-refractivity contribution in [3.63, 3.8) is 0 Å². The van der Waals surface area contributed by atoms with Gasteiger partial charge in [-0.15, -0.1) is 0 Å². The largest absolute Gasteiger partial charge is 0.450 e. The van der Waals surface area contributed by atoms with Gasteiger partial charge < -0.3 is 9.32 Å². The average Bonchev–Trinajstić information content (AvgIpc) is 3.35. The number of unbranched alkanes of at least 4 members (excludes halogenated alkanes) is 2. The average molecular weight is 535 g/mol. The smallest absolute Gasteiger partial charge is 0.313 e. The van der Waals surface area contributed by atoms with E-state index in [0.29, 0.717) is 28.0 Å². The van der Waals surface area contributed by atoms with Crippen LogP contribution in [0.1, 0.15) is 110 Å². The number of rotatable bonds is 16. The first-order valence-electron chi connectivity index (χ1n) is 14.6. The summed E-state index contributed by atoms with van der Waals surface area (Å²) in [7, 11) is 2.92. The van der Waals surface area contributed by atoms with Crippen LogP contribution in [0, 0.1) is 0 Å². The molecule has 0 N–H and O–H groups in total. The zero-order chi connectivity index (χ0) is 28.4. The van der Waals surface area contributed by atoms with Gasteiger partial charge in [0.2, 0.25) is 5.76 Å². The number of fused-ring (bicyclic) bond motifs is 1. The molecular formula is C33H46N2O4. The SMILES string of the molecule is CCCCN(CCCC)CCCc1ccc(C(=O)c2c(C(=O)N(C)OC)oc3ccc(C(C)CC)cc23)cc1. The molecule has 0 aliphatic heterocycles.